The fraction of sp³-hybridized carbons (Fsp3) is 0.750. The molecular weight excluding hydrogens is 399 g/mol. The fourth-order valence-corrected chi connectivity index (χ4v) is 6.95. The molecule has 4 rings (SSSR count). The summed E-state index contributed by atoms with van der Waals surface area (Å²) < 4.78 is 2.00. The van der Waals surface area contributed by atoms with Gasteiger partial charge in [-0.2, -0.15) is 0 Å². The van der Waals surface area contributed by atoms with Crippen molar-refractivity contribution < 1.29 is 9.90 Å². The number of rotatable bonds is 1. The second-order valence-corrected chi connectivity index (χ2v) is 9.22. The van der Waals surface area contributed by atoms with Gasteiger partial charge in [-0.1, -0.05) is 41.2 Å². The maximum atomic E-state index is 12.3. The lowest BCUT2D eigenvalue weighted by Gasteiger charge is -2.53. The van der Waals surface area contributed by atoms with Crippen LogP contribution in [-0.2, 0) is 4.79 Å². The number of aliphatic hydroxyl groups excluding tert-OH is 1. The molecule has 4 aliphatic carbocycles. The van der Waals surface area contributed by atoms with Crippen LogP contribution in [0.15, 0.2) is 21.8 Å². The Bertz CT molecular complexity index is 566. The lowest BCUT2D eigenvalue weighted by Crippen LogP contribution is -2.48. The minimum Gasteiger partial charge on any atom is -0.393 e. The highest BCUT2D eigenvalue weighted by molar-refractivity contribution is 14.1. The number of ketones is 1. The third kappa shape index (κ3) is 2.48. The molecule has 0 aromatic rings. The molecule has 2 nitrogen and oxygen atoms in total. The van der Waals surface area contributed by atoms with Crippen molar-refractivity contribution in [2.45, 2.75) is 58.0 Å². The van der Waals surface area contributed by atoms with Crippen LogP contribution in [0.3, 0.4) is 0 Å². The molecule has 0 radical (unpaired) electrons. The van der Waals surface area contributed by atoms with Crippen molar-refractivity contribution in [3.63, 3.8) is 0 Å². The smallest absolute Gasteiger partial charge is 0.162 e. The first kappa shape index (κ1) is 16.3. The molecule has 4 aliphatic rings. The van der Waals surface area contributed by atoms with Crippen molar-refractivity contribution in [2.24, 2.45) is 35.0 Å². The molecule has 1 unspecified atom stereocenters. The molecule has 0 aromatic carbocycles. The van der Waals surface area contributed by atoms with E-state index >= 15 is 0 Å². The zero-order valence-electron chi connectivity index (χ0n) is 13.9. The van der Waals surface area contributed by atoms with Gasteiger partial charge in [0.25, 0.3) is 0 Å². The van der Waals surface area contributed by atoms with Crippen molar-refractivity contribution in [3.8, 4) is 0 Å². The molecule has 23 heavy (non-hydrogen) atoms. The zero-order chi connectivity index (χ0) is 16.2. The number of allylic oxidation sites excluding steroid dienone is 2. The Morgan fingerprint density at radius 3 is 2.87 bits per heavy atom. The van der Waals surface area contributed by atoms with Crippen LogP contribution in [0.5, 0.6) is 0 Å². The largest absolute Gasteiger partial charge is 0.393 e. The van der Waals surface area contributed by atoms with E-state index in [1.54, 1.807) is 0 Å². The van der Waals surface area contributed by atoms with Crippen LogP contribution in [0.2, 0.25) is 0 Å². The summed E-state index contributed by atoms with van der Waals surface area (Å²) in [7, 11) is 0. The maximum absolute atomic E-state index is 12.3. The van der Waals surface area contributed by atoms with Gasteiger partial charge in [0, 0.05) is 5.92 Å². The highest BCUT2D eigenvalue weighted by atomic mass is 127. The summed E-state index contributed by atoms with van der Waals surface area (Å²) in [5, 5.41) is 10.5. The summed E-state index contributed by atoms with van der Waals surface area (Å²) in [5.74, 6) is 3.25. The average Bonchev–Trinajstić information content (AvgIpc) is 2.84. The topological polar surface area (TPSA) is 37.3 Å². The van der Waals surface area contributed by atoms with E-state index in [0.717, 1.165) is 31.1 Å². The van der Waals surface area contributed by atoms with Crippen LogP contribution >= 0.6 is 22.6 Å². The molecule has 0 heterocycles. The minimum atomic E-state index is -0.0898. The Morgan fingerprint density at radius 2 is 2.09 bits per heavy atom. The molecule has 0 aliphatic heterocycles. The number of halogens is 1. The first-order valence-corrected chi connectivity index (χ1v) is 10.5. The Morgan fingerprint density at radius 1 is 1.26 bits per heavy atom. The van der Waals surface area contributed by atoms with Crippen LogP contribution in [0.1, 0.15) is 51.9 Å². The molecule has 0 bridgehead atoms. The van der Waals surface area contributed by atoms with Gasteiger partial charge in [-0.3, -0.25) is 4.79 Å². The van der Waals surface area contributed by atoms with Crippen LogP contribution in [0.4, 0.5) is 0 Å². The van der Waals surface area contributed by atoms with Crippen LogP contribution in [0, 0.1) is 35.0 Å². The molecule has 126 valence electrons. The van der Waals surface area contributed by atoms with Crippen molar-refractivity contribution >= 4 is 28.4 Å². The number of carbonyl (C=O) groups excluding carboxylic acids is 1. The molecule has 3 heteroatoms. The summed E-state index contributed by atoms with van der Waals surface area (Å²) in [6.07, 6.45) is 12.0. The van der Waals surface area contributed by atoms with Crippen molar-refractivity contribution in [1.82, 2.24) is 0 Å². The quantitative estimate of drug-likeness (QED) is 0.620. The summed E-state index contributed by atoms with van der Waals surface area (Å²) >= 11 is 2.23. The zero-order valence-corrected chi connectivity index (χ0v) is 16.0. The third-order valence-corrected chi connectivity index (χ3v) is 8.12. The molecule has 0 saturated heterocycles. The SMILES string of the molecule is C[C@]12CC[C@H]3[C@@H](CCC4=CC(=O)C(/C=C/I)C[C@@H]43)[C@@H]1CC[C@@H]2O. The summed E-state index contributed by atoms with van der Waals surface area (Å²) in [6.45, 7) is 2.34. The van der Waals surface area contributed by atoms with E-state index in [2.05, 4.69) is 35.6 Å². The molecule has 3 saturated carbocycles. The van der Waals surface area contributed by atoms with Gasteiger partial charge in [0.1, 0.15) is 0 Å². The molecule has 0 aromatic heterocycles. The standard InChI is InChI=1S/C20H27IO2/c1-20-8-6-14-15(17(20)4-5-19(20)23)3-2-12-11-18(22)13(7-9-21)10-16(12)14/h7,9,11,13-17,19,23H,2-6,8,10H2,1H3/b9-7+/t13?,14-,15+,16-,17-,19-,20-/m0/s1. The summed E-state index contributed by atoms with van der Waals surface area (Å²) in [4.78, 5) is 12.3. The van der Waals surface area contributed by atoms with Gasteiger partial charge in [0.15, 0.2) is 5.78 Å². The lowest BCUT2D eigenvalue weighted by molar-refractivity contribution is -0.119. The van der Waals surface area contributed by atoms with Gasteiger partial charge in [-0.15, -0.1) is 0 Å². The van der Waals surface area contributed by atoms with E-state index in [-0.39, 0.29) is 17.4 Å². The molecule has 1 N–H and O–H groups in total. The summed E-state index contributed by atoms with van der Waals surface area (Å²) in [6, 6.07) is 0. The molecule has 7 atom stereocenters. The predicted octanol–water partition coefficient (Wildman–Crippen LogP) is 4.66. The van der Waals surface area contributed by atoms with Crippen molar-refractivity contribution in [3.05, 3.63) is 21.8 Å². The Labute approximate surface area is 152 Å². The normalized spacial score (nSPS) is 49.5. The van der Waals surface area contributed by atoms with Crippen LogP contribution in [-0.4, -0.2) is 17.0 Å². The monoisotopic (exact) mass is 426 g/mol. The molecular formula is C20H27IO2. The van der Waals surface area contributed by atoms with Gasteiger partial charge < -0.3 is 5.11 Å². The van der Waals surface area contributed by atoms with Gasteiger partial charge in [0.2, 0.25) is 0 Å². The van der Waals surface area contributed by atoms with Gasteiger partial charge >= 0.3 is 0 Å². The van der Waals surface area contributed by atoms with E-state index in [1.165, 1.54) is 31.3 Å². The first-order valence-electron chi connectivity index (χ1n) is 9.24. The second-order valence-electron chi connectivity index (χ2n) is 8.50. The average molecular weight is 426 g/mol. The van der Waals surface area contributed by atoms with E-state index < -0.39 is 0 Å². The number of hydrogen-bond donors (Lipinski definition) is 1. The number of aliphatic hydroxyl groups is 1. The predicted molar refractivity (Wildman–Crippen MR) is 100 cm³/mol. The fourth-order valence-electron chi connectivity index (χ4n) is 6.44. The highest BCUT2D eigenvalue weighted by Gasteiger charge is 2.56. The van der Waals surface area contributed by atoms with E-state index in [0.29, 0.717) is 17.6 Å². The van der Waals surface area contributed by atoms with E-state index in [9.17, 15) is 9.90 Å². The van der Waals surface area contributed by atoms with Crippen molar-refractivity contribution in [2.75, 3.05) is 0 Å². The van der Waals surface area contributed by atoms with Gasteiger partial charge in [-0.05, 0) is 84.2 Å². The number of carbonyl (C=O) groups is 1. The van der Waals surface area contributed by atoms with Crippen LogP contribution < -0.4 is 0 Å². The number of fused-ring (bicyclic) bond motifs is 5. The Balaban J connectivity index is 1.62. The third-order valence-electron chi connectivity index (χ3n) is 7.71. The Hall–Kier alpha value is -0.160. The van der Waals surface area contributed by atoms with Gasteiger partial charge in [0.05, 0.1) is 6.10 Å². The Kier molecular flexibility index (Phi) is 4.24. The molecule has 0 amide bonds. The van der Waals surface area contributed by atoms with E-state index in [4.69, 9.17) is 0 Å². The van der Waals surface area contributed by atoms with Crippen LogP contribution in [0.25, 0.3) is 0 Å². The maximum Gasteiger partial charge on any atom is 0.162 e. The second kappa shape index (κ2) is 5.98. The van der Waals surface area contributed by atoms with Gasteiger partial charge in [-0.25, -0.2) is 0 Å². The van der Waals surface area contributed by atoms with Crippen molar-refractivity contribution in [1.29, 1.82) is 0 Å². The molecule has 3 fully saturated rings. The summed E-state index contributed by atoms with van der Waals surface area (Å²) in [5.41, 5.74) is 1.60. The highest BCUT2D eigenvalue weighted by Crippen LogP contribution is 2.61. The molecule has 0 spiro atoms. The minimum absolute atomic E-state index is 0.0898. The lowest BCUT2D eigenvalue weighted by atomic mass is 9.51. The first-order chi connectivity index (χ1) is 11.0. The van der Waals surface area contributed by atoms with E-state index in [1.807, 2.05) is 10.2 Å². The number of hydrogen-bond acceptors (Lipinski definition) is 2.